The Kier molecular flexibility index (Phi) is 31.2. The van der Waals surface area contributed by atoms with Crippen molar-refractivity contribution in [3.05, 3.63) is 0 Å². The zero-order valence-electron chi connectivity index (χ0n) is 7.77. The first-order chi connectivity index (χ1) is 4.29. The molecular weight excluding hydrogens is 210 g/mol. The summed E-state index contributed by atoms with van der Waals surface area (Å²) in [6, 6.07) is 0. The van der Waals surface area contributed by atoms with Crippen molar-refractivity contribution in [1.82, 2.24) is 18.5 Å². The molecule has 0 aromatic heterocycles. The van der Waals surface area contributed by atoms with Gasteiger partial charge in [-0.3, -0.25) is 0 Å². The molecule has 11 heteroatoms. The Labute approximate surface area is 75.1 Å². The number of hydrogen-bond acceptors (Lipinski definition) is 7. The molecule has 0 rings (SSSR count). The molecule has 0 amide bonds. The summed E-state index contributed by atoms with van der Waals surface area (Å²) in [5.41, 5.74) is 0. The van der Waals surface area contributed by atoms with Crippen LogP contribution in [0.15, 0.2) is 0 Å². The van der Waals surface area contributed by atoms with Gasteiger partial charge in [-0.25, -0.2) is 8.42 Å². The van der Waals surface area contributed by atoms with Crippen molar-refractivity contribution in [3.8, 4) is 0 Å². The van der Waals surface area contributed by atoms with Gasteiger partial charge in [0.2, 0.25) is 10.4 Å². The van der Waals surface area contributed by atoms with Crippen LogP contribution >= 0.6 is 0 Å². The summed E-state index contributed by atoms with van der Waals surface area (Å²) in [5.74, 6) is -1.08. The third-order valence-electron chi connectivity index (χ3n) is 0.0833. The van der Waals surface area contributed by atoms with Crippen LogP contribution in [-0.4, -0.2) is 18.9 Å². The summed E-state index contributed by atoms with van der Waals surface area (Å²) in [4.78, 5) is 8.89. The van der Waals surface area contributed by atoms with Gasteiger partial charge in [-0.15, -0.1) is 0 Å². The highest BCUT2D eigenvalue weighted by molar-refractivity contribution is 7.80. The maximum atomic E-state index is 8.91. The number of carboxylic acid groups (broad SMARTS) is 1. The number of carbonyl (C=O) groups is 1. The van der Waals surface area contributed by atoms with Gasteiger partial charge in [0, 0.05) is 5.97 Å². The number of hydrogen-bond donors (Lipinski definition) is 3. The lowest BCUT2D eigenvalue weighted by atomic mass is 10.9. The maximum Gasteiger partial charge on any atom is 0.208 e. The minimum Gasteiger partial charge on any atom is -0.726 e. The molecule has 0 unspecified atom stereocenters. The van der Waals surface area contributed by atoms with Gasteiger partial charge < -0.3 is 42.5 Å². The Morgan fingerprint density at radius 1 is 1.23 bits per heavy atom. The van der Waals surface area contributed by atoms with Crippen LogP contribution in [-0.2, 0) is 19.5 Å². The quantitative estimate of drug-likeness (QED) is 0.189. The molecule has 0 radical (unpaired) electrons. The van der Waals surface area contributed by atoms with Crippen LogP contribution in [0.2, 0.25) is 0 Å². The summed E-state index contributed by atoms with van der Waals surface area (Å²) in [6.07, 6.45) is 0. The fraction of sp³-hybridized carbons (Fsp3) is 0.500. The molecule has 0 spiro atoms. The average molecular weight is 225 g/mol. The van der Waals surface area contributed by atoms with Gasteiger partial charge in [0.05, 0.1) is 0 Å². The Morgan fingerprint density at radius 3 is 1.31 bits per heavy atom. The molecule has 0 bridgehead atoms. The number of carboxylic acids is 1. The van der Waals surface area contributed by atoms with Gasteiger partial charge in [0.25, 0.3) is 0 Å². The monoisotopic (exact) mass is 225 g/mol. The molecule has 0 aliphatic carbocycles. The number of rotatable bonds is 1. The summed E-state index contributed by atoms with van der Waals surface area (Å²) in [6.45, 7) is 0.972. The van der Waals surface area contributed by atoms with Crippen molar-refractivity contribution in [2.75, 3.05) is 0 Å². The molecule has 0 heterocycles. The molecule has 0 aliphatic rings. The van der Waals surface area contributed by atoms with E-state index in [1.807, 2.05) is 0 Å². The lowest BCUT2D eigenvalue weighted by Crippen LogP contribution is -2.16. The van der Waals surface area contributed by atoms with Gasteiger partial charge in [-0.1, -0.05) is 0 Å². The molecule has 0 saturated carbocycles. The first kappa shape index (κ1) is 29.5. The number of quaternary nitrogens is 3. The van der Waals surface area contributed by atoms with E-state index in [-0.39, 0.29) is 18.5 Å². The first-order valence-electron chi connectivity index (χ1n) is 1.74. The molecule has 13 heavy (non-hydrogen) atoms. The second-order valence-electron chi connectivity index (χ2n) is 0.968. The van der Waals surface area contributed by atoms with Gasteiger partial charge in [0.15, 0.2) is 0 Å². The van der Waals surface area contributed by atoms with E-state index in [9.17, 15) is 0 Å². The van der Waals surface area contributed by atoms with Crippen molar-refractivity contribution >= 4 is 16.4 Å². The lowest BCUT2D eigenvalue weighted by molar-refractivity contribution is -0.637. The van der Waals surface area contributed by atoms with E-state index in [1.165, 1.54) is 0 Å². The molecule has 0 aliphatic heterocycles. The van der Waals surface area contributed by atoms with Gasteiger partial charge in [-0.05, 0) is 6.92 Å². The Balaban J connectivity index is -0.0000000279. The minimum atomic E-state index is -4.97. The lowest BCUT2D eigenvalue weighted by Gasteiger charge is -2.07. The van der Waals surface area contributed by atoms with Gasteiger partial charge in [0.1, 0.15) is 0 Å². The van der Waals surface area contributed by atoms with Crippen molar-refractivity contribution in [3.63, 3.8) is 0 Å². The molecule has 0 saturated heterocycles. The smallest absolute Gasteiger partial charge is 0.208 e. The van der Waals surface area contributed by atoms with Crippen LogP contribution in [0, 0.1) is 0 Å². The van der Waals surface area contributed by atoms with Crippen molar-refractivity contribution in [2.45, 2.75) is 6.92 Å². The van der Waals surface area contributed by atoms with E-state index in [4.69, 9.17) is 28.1 Å². The Bertz CT molecular complexity index is 184. The standard InChI is InChI=1S/C2H4O2.3H3N.H2O5S/c1-2(3)4;;;;1-5-6(2,3)4/h1H3,(H,3,4);3*1H3;1H,(H,2,3,4). The van der Waals surface area contributed by atoms with Crippen molar-refractivity contribution < 1.29 is 32.5 Å². The van der Waals surface area contributed by atoms with Crippen LogP contribution < -0.4 is 28.8 Å². The van der Waals surface area contributed by atoms with E-state index >= 15 is 0 Å². The molecule has 0 fully saturated rings. The predicted molar refractivity (Wildman–Crippen MR) is 39.4 cm³/mol. The van der Waals surface area contributed by atoms with Crippen LogP contribution in [0.1, 0.15) is 6.92 Å². The zero-order chi connectivity index (χ0) is 8.78. The van der Waals surface area contributed by atoms with Gasteiger partial charge >= 0.3 is 0 Å². The zero-order valence-corrected chi connectivity index (χ0v) is 8.58. The van der Waals surface area contributed by atoms with Crippen molar-refractivity contribution in [1.29, 1.82) is 0 Å². The average Bonchev–Trinajstić information content (AvgIpc) is 1.63. The fourth-order valence-electron chi connectivity index (χ4n) is 0. The normalized spacial score (nSPS) is 7.31. The second-order valence-corrected chi connectivity index (χ2v) is 1.92. The summed E-state index contributed by atoms with van der Waals surface area (Å²) < 4.78 is 28.8. The molecule has 0 aromatic rings. The molecule has 10 nitrogen and oxygen atoms in total. The minimum absolute atomic E-state index is 0. The SMILES string of the molecule is CC(=O)[O-].O=S(=O)([O-])O[O-].[NH4+].[NH4+].[NH4+]. The van der Waals surface area contributed by atoms with E-state index in [1.54, 1.807) is 0 Å². The highest BCUT2D eigenvalue weighted by Crippen LogP contribution is 1.69. The van der Waals surface area contributed by atoms with Crippen LogP contribution in [0.4, 0.5) is 0 Å². The van der Waals surface area contributed by atoms with E-state index in [0.717, 1.165) is 6.92 Å². The van der Waals surface area contributed by atoms with Gasteiger partial charge in [-0.2, -0.15) is 0 Å². The molecule has 12 N–H and O–H groups in total. The topological polar surface area (TPSA) is 239 Å². The van der Waals surface area contributed by atoms with E-state index in [2.05, 4.69) is 4.33 Å². The largest absolute Gasteiger partial charge is 0.726 e. The number of aliphatic carboxylic acids is 1. The third kappa shape index (κ3) is 198. The highest BCUT2D eigenvalue weighted by Gasteiger charge is 1.73. The van der Waals surface area contributed by atoms with Crippen LogP contribution in [0.5, 0.6) is 0 Å². The predicted octanol–water partition coefficient (Wildman–Crippen LogP) is -2.38. The maximum absolute atomic E-state index is 8.91. The highest BCUT2D eigenvalue weighted by atomic mass is 32.3. The second kappa shape index (κ2) is 13.7. The van der Waals surface area contributed by atoms with Crippen LogP contribution in [0.25, 0.3) is 0 Å². The summed E-state index contributed by atoms with van der Waals surface area (Å²) in [7, 11) is -4.97. The third-order valence-corrected chi connectivity index (χ3v) is 0.250. The summed E-state index contributed by atoms with van der Waals surface area (Å²) in [5, 5.41) is 17.4. The number of carbonyl (C=O) groups excluding carboxylic acids is 1. The van der Waals surface area contributed by atoms with E-state index in [0.29, 0.717) is 0 Å². The van der Waals surface area contributed by atoms with Crippen LogP contribution in [0.3, 0.4) is 0 Å². The van der Waals surface area contributed by atoms with Crippen molar-refractivity contribution in [2.24, 2.45) is 0 Å². The molecule has 0 aromatic carbocycles. The molecular formula is C2H15N3O7S. The molecule has 86 valence electrons. The summed E-state index contributed by atoms with van der Waals surface area (Å²) >= 11 is 0. The molecule has 0 atom stereocenters. The Hall–Kier alpha value is -0.820. The van der Waals surface area contributed by atoms with E-state index < -0.39 is 16.4 Å². The first-order valence-corrected chi connectivity index (χ1v) is 3.07. The Morgan fingerprint density at radius 2 is 1.31 bits per heavy atom. The fourth-order valence-corrected chi connectivity index (χ4v) is 0.